The number of halogens is 1. The van der Waals surface area contributed by atoms with E-state index in [4.69, 9.17) is 9.84 Å². The molecule has 5 heteroatoms. The van der Waals surface area contributed by atoms with E-state index in [0.29, 0.717) is 6.04 Å². The third-order valence-electron chi connectivity index (χ3n) is 3.86. The fourth-order valence-electron chi connectivity index (χ4n) is 2.65. The highest BCUT2D eigenvalue weighted by atomic mass is 79.9. The lowest BCUT2D eigenvalue weighted by atomic mass is 10.1. The molecule has 0 radical (unpaired) electrons. The predicted molar refractivity (Wildman–Crippen MR) is 79.8 cm³/mol. The smallest absolute Gasteiger partial charge is 0.135 e. The van der Waals surface area contributed by atoms with E-state index in [0.717, 1.165) is 34.2 Å². The summed E-state index contributed by atoms with van der Waals surface area (Å²) in [5, 5.41) is 5.87. The van der Waals surface area contributed by atoms with Gasteiger partial charge in [0.25, 0.3) is 0 Å². The highest BCUT2D eigenvalue weighted by molar-refractivity contribution is 9.10. The second-order valence-corrected chi connectivity index (χ2v) is 6.04. The maximum atomic E-state index is 5.32. The first-order valence-electron chi connectivity index (χ1n) is 6.58. The lowest BCUT2D eigenvalue weighted by Crippen LogP contribution is -2.31. The van der Waals surface area contributed by atoms with Gasteiger partial charge < -0.3 is 9.64 Å². The standard InChI is InChI=1S/C14H18BrN3O/c1-17-5-3-11(4-6-17)18-9-10-7-12(15)14(19-2)8-13(10)16-18/h7-9,11H,3-6H2,1-2H3. The van der Waals surface area contributed by atoms with Crippen molar-refractivity contribution in [1.29, 1.82) is 0 Å². The van der Waals surface area contributed by atoms with Crippen molar-refractivity contribution < 1.29 is 4.74 Å². The molecule has 1 aromatic carbocycles. The fourth-order valence-corrected chi connectivity index (χ4v) is 3.17. The summed E-state index contributed by atoms with van der Waals surface area (Å²) in [4.78, 5) is 2.37. The Kier molecular flexibility index (Phi) is 3.50. The molecule has 0 saturated carbocycles. The zero-order valence-corrected chi connectivity index (χ0v) is 12.9. The molecule has 19 heavy (non-hydrogen) atoms. The van der Waals surface area contributed by atoms with Crippen LogP contribution in [0.2, 0.25) is 0 Å². The van der Waals surface area contributed by atoms with Gasteiger partial charge in [0.05, 0.1) is 23.1 Å². The quantitative estimate of drug-likeness (QED) is 0.850. The van der Waals surface area contributed by atoms with Crippen LogP contribution in [-0.2, 0) is 0 Å². The Morgan fingerprint density at radius 3 is 2.74 bits per heavy atom. The van der Waals surface area contributed by atoms with Crippen molar-refractivity contribution in [2.45, 2.75) is 18.9 Å². The first-order chi connectivity index (χ1) is 9.17. The van der Waals surface area contributed by atoms with Gasteiger partial charge in [-0.2, -0.15) is 5.10 Å². The minimum Gasteiger partial charge on any atom is -0.495 e. The molecule has 3 rings (SSSR count). The van der Waals surface area contributed by atoms with E-state index in [1.165, 1.54) is 12.8 Å². The lowest BCUT2D eigenvalue weighted by Gasteiger charge is -2.28. The van der Waals surface area contributed by atoms with Crippen LogP contribution in [0.1, 0.15) is 18.9 Å². The second-order valence-electron chi connectivity index (χ2n) is 5.19. The molecule has 4 nitrogen and oxygen atoms in total. The van der Waals surface area contributed by atoms with Crippen molar-refractivity contribution in [3.05, 3.63) is 22.8 Å². The third kappa shape index (κ3) is 2.49. The minimum atomic E-state index is 0.522. The Labute approximate surface area is 121 Å². The normalized spacial score (nSPS) is 18.1. The van der Waals surface area contributed by atoms with Gasteiger partial charge in [-0.05, 0) is 55.0 Å². The lowest BCUT2D eigenvalue weighted by molar-refractivity contribution is 0.213. The van der Waals surface area contributed by atoms with E-state index in [1.807, 2.05) is 6.07 Å². The zero-order chi connectivity index (χ0) is 13.4. The molecule has 1 saturated heterocycles. The van der Waals surface area contributed by atoms with Gasteiger partial charge in [-0.1, -0.05) is 0 Å². The number of nitrogens with zero attached hydrogens (tertiary/aromatic N) is 3. The van der Waals surface area contributed by atoms with Gasteiger partial charge in [0.15, 0.2) is 0 Å². The Hall–Kier alpha value is -1.07. The summed E-state index contributed by atoms with van der Waals surface area (Å²) < 4.78 is 8.42. The molecule has 0 atom stereocenters. The van der Waals surface area contributed by atoms with E-state index >= 15 is 0 Å². The van der Waals surface area contributed by atoms with Crippen LogP contribution in [0, 0.1) is 0 Å². The second kappa shape index (κ2) is 5.13. The van der Waals surface area contributed by atoms with Crippen molar-refractivity contribution >= 4 is 26.8 Å². The fraction of sp³-hybridized carbons (Fsp3) is 0.500. The van der Waals surface area contributed by atoms with Crippen molar-refractivity contribution in [1.82, 2.24) is 14.7 Å². The molecule has 0 spiro atoms. The Balaban J connectivity index is 1.93. The predicted octanol–water partition coefficient (Wildman–Crippen LogP) is 3.07. The number of aromatic nitrogens is 2. The van der Waals surface area contributed by atoms with Crippen LogP contribution >= 0.6 is 15.9 Å². The van der Waals surface area contributed by atoms with Crippen LogP contribution in [0.15, 0.2) is 22.8 Å². The highest BCUT2D eigenvalue weighted by Gasteiger charge is 2.19. The number of fused-ring (bicyclic) bond motifs is 1. The topological polar surface area (TPSA) is 30.3 Å². The van der Waals surface area contributed by atoms with E-state index in [9.17, 15) is 0 Å². The molecular weight excluding hydrogens is 306 g/mol. The molecule has 0 N–H and O–H groups in total. The van der Waals surface area contributed by atoms with Gasteiger partial charge in [-0.25, -0.2) is 0 Å². The van der Waals surface area contributed by atoms with E-state index < -0.39 is 0 Å². The summed E-state index contributed by atoms with van der Waals surface area (Å²) >= 11 is 3.52. The van der Waals surface area contributed by atoms with Gasteiger partial charge in [-0.15, -0.1) is 0 Å². The van der Waals surface area contributed by atoms with E-state index in [-0.39, 0.29) is 0 Å². The number of likely N-dealkylation sites (tertiary alicyclic amines) is 1. The molecule has 1 aliphatic heterocycles. The number of benzene rings is 1. The number of ether oxygens (including phenoxy) is 1. The molecule has 0 unspecified atom stereocenters. The SMILES string of the molecule is COc1cc2nn(C3CCN(C)CC3)cc2cc1Br. The molecule has 0 bridgehead atoms. The molecule has 2 heterocycles. The van der Waals surface area contributed by atoms with Crippen LogP contribution in [0.25, 0.3) is 10.9 Å². The molecule has 1 aromatic heterocycles. The summed E-state index contributed by atoms with van der Waals surface area (Å²) in [6.45, 7) is 2.29. The molecule has 0 aliphatic carbocycles. The van der Waals surface area contributed by atoms with Crippen LogP contribution in [0.5, 0.6) is 5.75 Å². The van der Waals surface area contributed by atoms with E-state index in [2.05, 4.69) is 44.8 Å². The average Bonchev–Trinajstić information content (AvgIpc) is 2.81. The monoisotopic (exact) mass is 323 g/mol. The van der Waals surface area contributed by atoms with Crippen molar-refractivity contribution in [2.24, 2.45) is 0 Å². The average molecular weight is 324 g/mol. The van der Waals surface area contributed by atoms with Crippen LogP contribution in [0.3, 0.4) is 0 Å². The Morgan fingerprint density at radius 1 is 1.32 bits per heavy atom. The molecule has 102 valence electrons. The molecular formula is C14H18BrN3O. The molecule has 1 fully saturated rings. The summed E-state index contributed by atoms with van der Waals surface area (Å²) in [5.74, 6) is 0.834. The Morgan fingerprint density at radius 2 is 2.05 bits per heavy atom. The van der Waals surface area contributed by atoms with Crippen LogP contribution in [0.4, 0.5) is 0 Å². The first kappa shape index (κ1) is 12.9. The number of piperidine rings is 1. The maximum absolute atomic E-state index is 5.32. The number of rotatable bonds is 2. The number of hydrogen-bond acceptors (Lipinski definition) is 3. The summed E-state index contributed by atoms with van der Waals surface area (Å²) in [5.41, 5.74) is 0.999. The summed E-state index contributed by atoms with van der Waals surface area (Å²) in [7, 11) is 3.86. The number of hydrogen-bond donors (Lipinski definition) is 0. The van der Waals surface area contributed by atoms with Gasteiger partial charge in [0.2, 0.25) is 0 Å². The van der Waals surface area contributed by atoms with Crippen molar-refractivity contribution in [3.8, 4) is 5.75 Å². The van der Waals surface area contributed by atoms with Crippen molar-refractivity contribution in [2.75, 3.05) is 27.2 Å². The minimum absolute atomic E-state index is 0.522. The van der Waals surface area contributed by atoms with Gasteiger partial charge in [-0.3, -0.25) is 4.68 Å². The summed E-state index contributed by atoms with van der Waals surface area (Å²) in [6, 6.07) is 4.59. The van der Waals surface area contributed by atoms with E-state index in [1.54, 1.807) is 7.11 Å². The van der Waals surface area contributed by atoms with Gasteiger partial charge >= 0.3 is 0 Å². The van der Waals surface area contributed by atoms with Gasteiger partial charge in [0.1, 0.15) is 5.75 Å². The highest BCUT2D eigenvalue weighted by Crippen LogP contribution is 2.31. The Bertz CT molecular complexity index is 588. The van der Waals surface area contributed by atoms with Crippen LogP contribution < -0.4 is 4.74 Å². The molecule has 0 amide bonds. The van der Waals surface area contributed by atoms with Crippen molar-refractivity contribution in [3.63, 3.8) is 0 Å². The van der Waals surface area contributed by atoms with Gasteiger partial charge in [0, 0.05) is 17.6 Å². The largest absolute Gasteiger partial charge is 0.495 e. The third-order valence-corrected chi connectivity index (χ3v) is 4.48. The zero-order valence-electron chi connectivity index (χ0n) is 11.3. The first-order valence-corrected chi connectivity index (χ1v) is 7.37. The number of methoxy groups -OCH3 is 1. The molecule has 2 aromatic rings. The summed E-state index contributed by atoms with van der Waals surface area (Å²) in [6.07, 6.45) is 4.49. The molecule has 1 aliphatic rings. The maximum Gasteiger partial charge on any atom is 0.135 e. The van der Waals surface area contributed by atoms with Crippen LogP contribution in [-0.4, -0.2) is 41.9 Å².